The Balaban J connectivity index is 1.91. The first-order valence-electron chi connectivity index (χ1n) is 9.97. The van der Waals surface area contributed by atoms with Gasteiger partial charge in [-0.05, 0) is 29.9 Å². The number of nitrogens with one attached hydrogen (secondary N) is 2. The standard InChI is InChI=1S/C23H29N3O4/c1-16(2)20(26-23(29)30-15-18-11-7-4-8-12-18)22(28)25-19(21(24)27)14-13-17-9-5-3-6-10-17/h3-12,16,19-20H,13-15H2,1-2H3,(H2,24,27)(H,25,28)(H,26,29)/t19-,20+/m0/s1. The maximum absolute atomic E-state index is 12.7. The molecule has 0 aliphatic rings. The fourth-order valence-corrected chi connectivity index (χ4v) is 2.93. The van der Waals surface area contributed by atoms with Crippen molar-refractivity contribution in [3.05, 3.63) is 71.8 Å². The van der Waals surface area contributed by atoms with Crippen LogP contribution in [0.1, 0.15) is 31.4 Å². The van der Waals surface area contributed by atoms with E-state index in [1.807, 2.05) is 60.7 Å². The van der Waals surface area contributed by atoms with Crippen molar-refractivity contribution in [2.75, 3.05) is 0 Å². The van der Waals surface area contributed by atoms with Crippen molar-refractivity contribution >= 4 is 17.9 Å². The van der Waals surface area contributed by atoms with Crippen LogP contribution in [0.5, 0.6) is 0 Å². The van der Waals surface area contributed by atoms with Gasteiger partial charge in [-0.2, -0.15) is 0 Å². The average molecular weight is 412 g/mol. The van der Waals surface area contributed by atoms with Gasteiger partial charge in [-0.1, -0.05) is 74.5 Å². The Hall–Kier alpha value is -3.35. The molecule has 2 aromatic carbocycles. The van der Waals surface area contributed by atoms with Gasteiger partial charge in [0.05, 0.1) is 0 Å². The summed E-state index contributed by atoms with van der Waals surface area (Å²) in [6.45, 7) is 3.69. The van der Waals surface area contributed by atoms with E-state index >= 15 is 0 Å². The topological polar surface area (TPSA) is 111 Å². The molecule has 160 valence electrons. The van der Waals surface area contributed by atoms with E-state index in [-0.39, 0.29) is 12.5 Å². The lowest BCUT2D eigenvalue weighted by Crippen LogP contribution is -2.54. The number of nitrogens with two attached hydrogens (primary N) is 1. The van der Waals surface area contributed by atoms with Crippen molar-refractivity contribution in [2.45, 2.75) is 45.4 Å². The van der Waals surface area contributed by atoms with E-state index < -0.39 is 30.0 Å². The molecule has 0 aliphatic heterocycles. The molecular formula is C23H29N3O4. The number of alkyl carbamates (subject to hydrolysis) is 1. The Bertz CT molecular complexity index is 825. The number of hydrogen-bond donors (Lipinski definition) is 3. The minimum atomic E-state index is -0.855. The van der Waals surface area contributed by atoms with Gasteiger partial charge in [0.15, 0.2) is 0 Å². The number of rotatable bonds is 10. The van der Waals surface area contributed by atoms with Crippen molar-refractivity contribution in [3.8, 4) is 0 Å². The molecule has 0 aromatic heterocycles. The first-order chi connectivity index (χ1) is 14.4. The van der Waals surface area contributed by atoms with Crippen LogP contribution in [0, 0.1) is 5.92 Å². The summed E-state index contributed by atoms with van der Waals surface area (Å²) in [5, 5.41) is 5.24. The summed E-state index contributed by atoms with van der Waals surface area (Å²) in [5.41, 5.74) is 7.36. The molecule has 7 heteroatoms. The van der Waals surface area contributed by atoms with E-state index in [0.717, 1.165) is 11.1 Å². The SMILES string of the molecule is CC(C)[C@@H](NC(=O)OCc1ccccc1)C(=O)N[C@@H](CCc1ccccc1)C(N)=O. The molecule has 2 atom stereocenters. The Morgan fingerprint density at radius 2 is 1.47 bits per heavy atom. The van der Waals surface area contributed by atoms with Gasteiger partial charge in [0, 0.05) is 0 Å². The second-order valence-electron chi connectivity index (χ2n) is 7.42. The first kappa shape index (κ1) is 22.9. The molecule has 0 radical (unpaired) electrons. The first-order valence-corrected chi connectivity index (χ1v) is 9.97. The Labute approximate surface area is 177 Å². The lowest BCUT2D eigenvalue weighted by Gasteiger charge is -2.24. The third-order valence-electron chi connectivity index (χ3n) is 4.66. The summed E-state index contributed by atoms with van der Waals surface area (Å²) in [6, 6.07) is 17.2. The van der Waals surface area contributed by atoms with E-state index in [0.29, 0.717) is 12.8 Å². The quantitative estimate of drug-likeness (QED) is 0.558. The summed E-state index contributed by atoms with van der Waals surface area (Å²) < 4.78 is 5.19. The number of aryl methyl sites for hydroxylation is 1. The number of carbonyl (C=O) groups excluding carboxylic acids is 3. The lowest BCUT2D eigenvalue weighted by molar-refractivity contribution is -0.129. The number of carbonyl (C=O) groups is 3. The lowest BCUT2D eigenvalue weighted by atomic mass is 10.0. The van der Waals surface area contributed by atoms with E-state index in [9.17, 15) is 14.4 Å². The number of amides is 3. The molecule has 0 bridgehead atoms. The minimum Gasteiger partial charge on any atom is -0.445 e. The van der Waals surface area contributed by atoms with Crippen molar-refractivity contribution in [1.29, 1.82) is 0 Å². The zero-order valence-corrected chi connectivity index (χ0v) is 17.3. The average Bonchev–Trinajstić information content (AvgIpc) is 2.74. The van der Waals surface area contributed by atoms with Crippen molar-refractivity contribution in [3.63, 3.8) is 0 Å². The third kappa shape index (κ3) is 7.58. The smallest absolute Gasteiger partial charge is 0.408 e. The number of benzene rings is 2. The summed E-state index contributed by atoms with van der Waals surface area (Å²) >= 11 is 0. The van der Waals surface area contributed by atoms with Gasteiger partial charge in [-0.25, -0.2) is 4.79 Å². The van der Waals surface area contributed by atoms with E-state index in [2.05, 4.69) is 10.6 Å². The molecule has 2 aromatic rings. The molecule has 0 heterocycles. The van der Waals surface area contributed by atoms with Gasteiger partial charge in [0.25, 0.3) is 0 Å². The highest BCUT2D eigenvalue weighted by Gasteiger charge is 2.28. The molecule has 0 saturated heterocycles. The number of hydrogen-bond acceptors (Lipinski definition) is 4. The molecule has 2 rings (SSSR count). The molecule has 0 spiro atoms. The Morgan fingerprint density at radius 1 is 0.900 bits per heavy atom. The van der Waals surface area contributed by atoms with Gasteiger partial charge >= 0.3 is 6.09 Å². The third-order valence-corrected chi connectivity index (χ3v) is 4.66. The van der Waals surface area contributed by atoms with Crippen LogP contribution >= 0.6 is 0 Å². The van der Waals surface area contributed by atoms with E-state index in [1.54, 1.807) is 13.8 Å². The minimum absolute atomic E-state index is 0.0973. The van der Waals surface area contributed by atoms with Gasteiger partial charge in [0.1, 0.15) is 18.7 Å². The summed E-state index contributed by atoms with van der Waals surface area (Å²) in [7, 11) is 0. The van der Waals surface area contributed by atoms with Gasteiger partial charge in [-0.15, -0.1) is 0 Å². The van der Waals surface area contributed by atoms with Gasteiger partial charge in [0.2, 0.25) is 11.8 Å². The second kappa shape index (κ2) is 11.6. The normalized spacial score (nSPS) is 12.6. The van der Waals surface area contributed by atoms with Crippen LogP contribution < -0.4 is 16.4 Å². The molecule has 4 N–H and O–H groups in total. The monoisotopic (exact) mass is 411 g/mol. The summed E-state index contributed by atoms with van der Waals surface area (Å²) in [4.78, 5) is 36.7. The van der Waals surface area contributed by atoms with Crippen LogP contribution in [0.4, 0.5) is 4.79 Å². The summed E-state index contributed by atoms with van der Waals surface area (Å²) in [6.07, 6.45) is 0.259. The fourth-order valence-electron chi connectivity index (χ4n) is 2.93. The van der Waals surface area contributed by atoms with Crippen LogP contribution in [0.15, 0.2) is 60.7 Å². The molecule has 30 heavy (non-hydrogen) atoms. The largest absolute Gasteiger partial charge is 0.445 e. The highest BCUT2D eigenvalue weighted by atomic mass is 16.5. The van der Waals surface area contributed by atoms with Crippen molar-refractivity contribution in [1.82, 2.24) is 10.6 Å². The van der Waals surface area contributed by atoms with Crippen molar-refractivity contribution < 1.29 is 19.1 Å². The highest BCUT2D eigenvalue weighted by Crippen LogP contribution is 2.08. The molecule has 0 fully saturated rings. The maximum Gasteiger partial charge on any atom is 0.408 e. The zero-order valence-electron chi connectivity index (χ0n) is 17.3. The predicted octanol–water partition coefficient (Wildman–Crippen LogP) is 2.54. The van der Waals surface area contributed by atoms with Gasteiger partial charge in [-0.3, -0.25) is 9.59 Å². The van der Waals surface area contributed by atoms with E-state index in [4.69, 9.17) is 10.5 Å². The molecule has 3 amide bonds. The van der Waals surface area contributed by atoms with Crippen LogP contribution in [0.2, 0.25) is 0 Å². The Kier molecular flexibility index (Phi) is 8.87. The van der Waals surface area contributed by atoms with Crippen LogP contribution in [0.25, 0.3) is 0 Å². The number of primary amides is 1. The summed E-state index contributed by atoms with van der Waals surface area (Å²) in [5.74, 6) is -1.30. The van der Waals surface area contributed by atoms with Crippen LogP contribution in [-0.2, 0) is 27.4 Å². The highest BCUT2D eigenvalue weighted by molar-refractivity contribution is 5.90. The number of ether oxygens (including phenoxy) is 1. The molecular weight excluding hydrogens is 382 g/mol. The zero-order chi connectivity index (χ0) is 21.9. The Morgan fingerprint density at radius 3 is 2.00 bits per heavy atom. The maximum atomic E-state index is 12.7. The van der Waals surface area contributed by atoms with Crippen LogP contribution in [0.3, 0.4) is 0 Å². The molecule has 0 saturated carbocycles. The van der Waals surface area contributed by atoms with E-state index in [1.165, 1.54) is 0 Å². The van der Waals surface area contributed by atoms with Crippen molar-refractivity contribution in [2.24, 2.45) is 11.7 Å². The predicted molar refractivity (Wildman–Crippen MR) is 114 cm³/mol. The molecule has 0 aliphatic carbocycles. The van der Waals surface area contributed by atoms with Gasteiger partial charge < -0.3 is 21.1 Å². The molecule has 7 nitrogen and oxygen atoms in total. The molecule has 0 unspecified atom stereocenters. The second-order valence-corrected chi connectivity index (χ2v) is 7.42. The fraction of sp³-hybridized carbons (Fsp3) is 0.348. The van der Waals surface area contributed by atoms with Crippen LogP contribution in [-0.4, -0.2) is 30.0 Å².